The fourth-order valence-electron chi connectivity index (χ4n) is 2.88. The highest BCUT2D eigenvalue weighted by molar-refractivity contribution is 9.10. The van der Waals surface area contributed by atoms with Crippen LogP contribution in [0.15, 0.2) is 53.0 Å². The van der Waals surface area contributed by atoms with Gasteiger partial charge < -0.3 is 10.2 Å². The number of nitrogens with zero attached hydrogens (tertiary/aromatic N) is 1. The molecule has 2 aromatic rings. The maximum absolute atomic E-state index is 3.59. The van der Waals surface area contributed by atoms with Crippen LogP contribution in [-0.2, 0) is 6.54 Å². The van der Waals surface area contributed by atoms with E-state index in [2.05, 4.69) is 74.7 Å². The van der Waals surface area contributed by atoms with Crippen LogP contribution in [0.2, 0.25) is 0 Å². The van der Waals surface area contributed by atoms with E-state index in [0.29, 0.717) is 0 Å². The number of nitrogens with one attached hydrogen (secondary N) is 1. The molecule has 1 aliphatic rings. The monoisotopic (exact) mass is 344 g/mol. The van der Waals surface area contributed by atoms with Gasteiger partial charge in [-0.1, -0.05) is 40.2 Å². The van der Waals surface area contributed by atoms with Gasteiger partial charge in [-0.3, -0.25) is 0 Å². The Bertz CT molecular complexity index is 591. The van der Waals surface area contributed by atoms with Crippen molar-refractivity contribution >= 4 is 27.3 Å². The van der Waals surface area contributed by atoms with Crippen LogP contribution in [0.3, 0.4) is 0 Å². The summed E-state index contributed by atoms with van der Waals surface area (Å²) >= 11 is 3.53. The lowest BCUT2D eigenvalue weighted by Gasteiger charge is -2.30. The Balaban J connectivity index is 1.73. The quantitative estimate of drug-likeness (QED) is 0.834. The SMILES string of the molecule is Brc1cccc(CNc2ccccc2N2CCCCC2)c1. The fraction of sp³-hybridized carbons (Fsp3) is 0.333. The summed E-state index contributed by atoms with van der Waals surface area (Å²) in [5.74, 6) is 0. The minimum atomic E-state index is 0.851. The molecule has 2 aromatic carbocycles. The third-order valence-electron chi connectivity index (χ3n) is 3.97. The van der Waals surface area contributed by atoms with Gasteiger partial charge in [0.15, 0.2) is 0 Å². The van der Waals surface area contributed by atoms with Gasteiger partial charge in [-0.15, -0.1) is 0 Å². The van der Waals surface area contributed by atoms with E-state index in [0.717, 1.165) is 11.0 Å². The van der Waals surface area contributed by atoms with Crippen molar-refractivity contribution in [1.82, 2.24) is 0 Å². The Morgan fingerprint density at radius 3 is 2.57 bits per heavy atom. The molecule has 0 saturated carbocycles. The minimum Gasteiger partial charge on any atom is -0.379 e. The number of piperidine rings is 1. The van der Waals surface area contributed by atoms with Crippen molar-refractivity contribution in [3.8, 4) is 0 Å². The number of rotatable bonds is 4. The highest BCUT2D eigenvalue weighted by Gasteiger charge is 2.13. The first kappa shape index (κ1) is 14.5. The van der Waals surface area contributed by atoms with E-state index in [4.69, 9.17) is 0 Å². The van der Waals surface area contributed by atoms with Gasteiger partial charge in [-0.05, 0) is 49.1 Å². The molecule has 0 aromatic heterocycles. The number of benzene rings is 2. The van der Waals surface area contributed by atoms with E-state index in [1.54, 1.807) is 0 Å². The van der Waals surface area contributed by atoms with Gasteiger partial charge in [0, 0.05) is 24.1 Å². The van der Waals surface area contributed by atoms with Crippen LogP contribution in [0.25, 0.3) is 0 Å². The van der Waals surface area contributed by atoms with Crippen molar-refractivity contribution < 1.29 is 0 Å². The first-order valence-electron chi connectivity index (χ1n) is 7.65. The molecule has 0 spiro atoms. The number of halogens is 1. The highest BCUT2D eigenvalue weighted by atomic mass is 79.9. The van der Waals surface area contributed by atoms with Crippen molar-refractivity contribution in [2.45, 2.75) is 25.8 Å². The van der Waals surface area contributed by atoms with E-state index in [-0.39, 0.29) is 0 Å². The van der Waals surface area contributed by atoms with Gasteiger partial charge in [0.1, 0.15) is 0 Å². The molecule has 0 aliphatic carbocycles. The fourth-order valence-corrected chi connectivity index (χ4v) is 3.32. The molecule has 21 heavy (non-hydrogen) atoms. The van der Waals surface area contributed by atoms with E-state index in [9.17, 15) is 0 Å². The van der Waals surface area contributed by atoms with Gasteiger partial charge in [0.25, 0.3) is 0 Å². The molecule has 110 valence electrons. The van der Waals surface area contributed by atoms with Crippen molar-refractivity contribution in [2.24, 2.45) is 0 Å². The summed E-state index contributed by atoms with van der Waals surface area (Å²) in [6, 6.07) is 17.1. The minimum absolute atomic E-state index is 0.851. The third-order valence-corrected chi connectivity index (χ3v) is 4.47. The van der Waals surface area contributed by atoms with Gasteiger partial charge >= 0.3 is 0 Å². The van der Waals surface area contributed by atoms with Crippen molar-refractivity contribution in [3.63, 3.8) is 0 Å². The Kier molecular flexibility index (Phi) is 4.81. The maximum atomic E-state index is 3.59. The molecule has 0 bridgehead atoms. The Morgan fingerprint density at radius 1 is 0.952 bits per heavy atom. The Morgan fingerprint density at radius 2 is 1.76 bits per heavy atom. The van der Waals surface area contributed by atoms with Crippen LogP contribution in [0.4, 0.5) is 11.4 Å². The predicted octanol–water partition coefficient (Wildman–Crippen LogP) is 5.05. The summed E-state index contributed by atoms with van der Waals surface area (Å²) in [5, 5.41) is 3.59. The highest BCUT2D eigenvalue weighted by Crippen LogP contribution is 2.28. The molecule has 0 atom stereocenters. The molecule has 0 unspecified atom stereocenters. The number of anilines is 2. The van der Waals surface area contributed by atoms with Gasteiger partial charge in [0.05, 0.1) is 11.4 Å². The van der Waals surface area contributed by atoms with E-state index < -0.39 is 0 Å². The lowest BCUT2D eigenvalue weighted by molar-refractivity contribution is 0.578. The summed E-state index contributed by atoms with van der Waals surface area (Å²) in [6.07, 6.45) is 3.98. The van der Waals surface area contributed by atoms with Crippen molar-refractivity contribution in [1.29, 1.82) is 0 Å². The van der Waals surface area contributed by atoms with Crippen LogP contribution in [0, 0.1) is 0 Å². The topological polar surface area (TPSA) is 15.3 Å². The third kappa shape index (κ3) is 3.79. The maximum Gasteiger partial charge on any atom is 0.0602 e. The van der Waals surface area contributed by atoms with Crippen LogP contribution in [0.5, 0.6) is 0 Å². The lowest BCUT2D eigenvalue weighted by Crippen LogP contribution is -2.30. The summed E-state index contributed by atoms with van der Waals surface area (Å²) in [5.41, 5.74) is 3.87. The Hall–Kier alpha value is -1.48. The summed E-state index contributed by atoms with van der Waals surface area (Å²) in [6.45, 7) is 3.20. The van der Waals surface area contributed by atoms with Gasteiger partial charge in [-0.25, -0.2) is 0 Å². The zero-order valence-electron chi connectivity index (χ0n) is 12.2. The largest absolute Gasteiger partial charge is 0.379 e. The standard InChI is InChI=1S/C18H21BrN2/c19-16-8-6-7-15(13-16)14-20-17-9-2-3-10-18(17)21-11-4-1-5-12-21/h2-3,6-10,13,20H,1,4-5,11-12,14H2. The molecule has 3 heteroatoms. The molecule has 1 heterocycles. The molecule has 1 fully saturated rings. The average Bonchev–Trinajstić information content (AvgIpc) is 2.54. The van der Waals surface area contributed by atoms with E-state index in [1.165, 1.54) is 49.3 Å². The summed E-state index contributed by atoms with van der Waals surface area (Å²) < 4.78 is 1.13. The van der Waals surface area contributed by atoms with Crippen molar-refractivity contribution in [2.75, 3.05) is 23.3 Å². The number of hydrogen-bond donors (Lipinski definition) is 1. The van der Waals surface area contributed by atoms with E-state index in [1.807, 2.05) is 0 Å². The second kappa shape index (κ2) is 6.99. The summed E-state index contributed by atoms with van der Waals surface area (Å²) in [4.78, 5) is 2.51. The zero-order chi connectivity index (χ0) is 14.5. The molecular formula is C18H21BrN2. The van der Waals surface area contributed by atoms with Gasteiger partial charge in [-0.2, -0.15) is 0 Å². The zero-order valence-corrected chi connectivity index (χ0v) is 13.8. The van der Waals surface area contributed by atoms with Crippen LogP contribution >= 0.6 is 15.9 Å². The molecule has 1 aliphatic heterocycles. The summed E-state index contributed by atoms with van der Waals surface area (Å²) in [7, 11) is 0. The molecule has 1 N–H and O–H groups in total. The van der Waals surface area contributed by atoms with Gasteiger partial charge in [0.2, 0.25) is 0 Å². The molecular weight excluding hydrogens is 324 g/mol. The lowest BCUT2D eigenvalue weighted by atomic mass is 10.1. The molecule has 1 saturated heterocycles. The van der Waals surface area contributed by atoms with Crippen LogP contribution < -0.4 is 10.2 Å². The first-order chi connectivity index (χ1) is 10.3. The second-order valence-electron chi connectivity index (χ2n) is 5.55. The number of hydrogen-bond acceptors (Lipinski definition) is 2. The first-order valence-corrected chi connectivity index (χ1v) is 8.44. The van der Waals surface area contributed by atoms with E-state index >= 15 is 0 Å². The molecule has 0 amide bonds. The average molecular weight is 345 g/mol. The normalized spacial score (nSPS) is 15.0. The molecule has 3 rings (SSSR count). The van der Waals surface area contributed by atoms with Crippen LogP contribution in [0.1, 0.15) is 24.8 Å². The van der Waals surface area contributed by atoms with Crippen LogP contribution in [-0.4, -0.2) is 13.1 Å². The van der Waals surface area contributed by atoms with Crippen molar-refractivity contribution in [3.05, 3.63) is 58.6 Å². The number of para-hydroxylation sites is 2. The molecule has 2 nitrogen and oxygen atoms in total. The predicted molar refractivity (Wildman–Crippen MR) is 94.0 cm³/mol. The molecule has 0 radical (unpaired) electrons. The second-order valence-corrected chi connectivity index (χ2v) is 6.46. The smallest absolute Gasteiger partial charge is 0.0602 e. The Labute approximate surface area is 135 Å².